The van der Waals surface area contributed by atoms with E-state index in [0.29, 0.717) is 11.0 Å². The van der Waals surface area contributed by atoms with Gasteiger partial charge in [0.05, 0.1) is 11.6 Å². The van der Waals surface area contributed by atoms with Crippen molar-refractivity contribution in [2.75, 3.05) is 0 Å². The fourth-order valence-electron chi connectivity index (χ4n) is 3.15. The first kappa shape index (κ1) is 12.1. The minimum absolute atomic E-state index is 0.131. The summed E-state index contributed by atoms with van der Waals surface area (Å²) in [5.41, 5.74) is 1.72. The minimum atomic E-state index is -0.926. The standard InChI is InChI=1S/C14H17N3O2/c1-14(2)8-4-7-11(14)17-12-9(13(18)19)5-3-6-10(12)15-16-17/h3,5-6,11H,4,7-8H2,1-2H3,(H,18,19). The van der Waals surface area contributed by atoms with E-state index < -0.39 is 5.97 Å². The van der Waals surface area contributed by atoms with Crippen molar-refractivity contribution in [2.24, 2.45) is 5.41 Å². The monoisotopic (exact) mass is 259 g/mol. The SMILES string of the molecule is CC1(C)CCCC1n1nnc2cccc(C(=O)O)c21. The zero-order valence-corrected chi connectivity index (χ0v) is 11.1. The molecule has 5 nitrogen and oxygen atoms in total. The summed E-state index contributed by atoms with van der Waals surface area (Å²) in [7, 11) is 0. The second-order valence-electron chi connectivity index (χ2n) is 5.91. The number of aromatic nitrogens is 3. The smallest absolute Gasteiger partial charge is 0.337 e. The lowest BCUT2D eigenvalue weighted by molar-refractivity contribution is 0.0698. The van der Waals surface area contributed by atoms with Crippen molar-refractivity contribution < 1.29 is 9.90 Å². The maximum Gasteiger partial charge on any atom is 0.337 e. The molecule has 3 rings (SSSR count). The average molecular weight is 259 g/mol. The van der Waals surface area contributed by atoms with E-state index in [0.717, 1.165) is 19.3 Å². The minimum Gasteiger partial charge on any atom is -0.478 e. The molecule has 0 aliphatic heterocycles. The van der Waals surface area contributed by atoms with Crippen molar-refractivity contribution in [3.63, 3.8) is 0 Å². The summed E-state index contributed by atoms with van der Waals surface area (Å²) in [6, 6.07) is 5.36. The number of nitrogens with zero attached hydrogens (tertiary/aromatic N) is 3. The van der Waals surface area contributed by atoms with Gasteiger partial charge in [-0.15, -0.1) is 5.10 Å². The normalized spacial score (nSPS) is 21.9. The molecule has 100 valence electrons. The molecule has 5 heteroatoms. The fourth-order valence-corrected chi connectivity index (χ4v) is 3.15. The van der Waals surface area contributed by atoms with Crippen LogP contribution in [0.5, 0.6) is 0 Å². The number of fused-ring (bicyclic) bond motifs is 1. The molecule has 0 spiro atoms. The van der Waals surface area contributed by atoms with E-state index in [-0.39, 0.29) is 17.0 Å². The Balaban J connectivity index is 2.22. The lowest BCUT2D eigenvalue weighted by atomic mass is 9.87. The Bertz CT molecular complexity index is 645. The van der Waals surface area contributed by atoms with Crippen LogP contribution in [0.15, 0.2) is 18.2 Å². The van der Waals surface area contributed by atoms with Crippen LogP contribution in [0.3, 0.4) is 0 Å². The van der Waals surface area contributed by atoms with E-state index in [1.165, 1.54) is 0 Å². The number of aromatic carboxylic acids is 1. The molecule has 1 aromatic carbocycles. The summed E-state index contributed by atoms with van der Waals surface area (Å²) in [6.45, 7) is 4.42. The molecule has 1 unspecified atom stereocenters. The van der Waals surface area contributed by atoms with Gasteiger partial charge in [-0.2, -0.15) is 0 Å². The van der Waals surface area contributed by atoms with E-state index in [1.54, 1.807) is 12.1 Å². The molecule has 1 aliphatic carbocycles. The van der Waals surface area contributed by atoms with Crippen molar-refractivity contribution in [1.82, 2.24) is 15.0 Å². The van der Waals surface area contributed by atoms with Crippen LogP contribution in [-0.2, 0) is 0 Å². The molecule has 1 N–H and O–H groups in total. The Kier molecular flexibility index (Phi) is 2.59. The maximum atomic E-state index is 11.4. The quantitative estimate of drug-likeness (QED) is 0.900. The summed E-state index contributed by atoms with van der Waals surface area (Å²) in [4.78, 5) is 11.4. The summed E-state index contributed by atoms with van der Waals surface area (Å²) in [5, 5.41) is 17.7. The van der Waals surface area contributed by atoms with Crippen molar-refractivity contribution in [3.8, 4) is 0 Å². The van der Waals surface area contributed by atoms with Gasteiger partial charge in [0.25, 0.3) is 0 Å². The predicted molar refractivity (Wildman–Crippen MR) is 71.2 cm³/mol. The van der Waals surface area contributed by atoms with Gasteiger partial charge in [0.15, 0.2) is 0 Å². The number of hydrogen-bond donors (Lipinski definition) is 1. The molecule has 1 aliphatic rings. The summed E-state index contributed by atoms with van der Waals surface area (Å²) < 4.78 is 1.83. The van der Waals surface area contributed by atoms with E-state index in [4.69, 9.17) is 0 Å². The number of carbonyl (C=O) groups is 1. The van der Waals surface area contributed by atoms with Crippen LogP contribution >= 0.6 is 0 Å². The van der Waals surface area contributed by atoms with Crippen molar-refractivity contribution in [3.05, 3.63) is 23.8 Å². The first-order valence-electron chi connectivity index (χ1n) is 6.58. The molecule has 0 radical (unpaired) electrons. The summed E-state index contributed by atoms with van der Waals surface area (Å²) in [5.74, 6) is -0.926. The van der Waals surface area contributed by atoms with Gasteiger partial charge in [-0.1, -0.05) is 31.5 Å². The molecule has 1 aromatic heterocycles. The second-order valence-corrected chi connectivity index (χ2v) is 5.91. The van der Waals surface area contributed by atoms with Crippen molar-refractivity contribution in [1.29, 1.82) is 0 Å². The van der Waals surface area contributed by atoms with Crippen LogP contribution in [0.1, 0.15) is 49.5 Å². The van der Waals surface area contributed by atoms with E-state index >= 15 is 0 Å². The Labute approximate surface area is 111 Å². The highest BCUT2D eigenvalue weighted by molar-refractivity contribution is 6.00. The van der Waals surface area contributed by atoms with Gasteiger partial charge in [0.1, 0.15) is 11.0 Å². The second kappa shape index (κ2) is 4.05. The van der Waals surface area contributed by atoms with E-state index in [9.17, 15) is 9.90 Å². The highest BCUT2D eigenvalue weighted by Gasteiger charge is 2.37. The first-order chi connectivity index (χ1) is 9.00. The number of hydrogen-bond acceptors (Lipinski definition) is 3. The van der Waals surface area contributed by atoms with Crippen molar-refractivity contribution >= 4 is 17.0 Å². The van der Waals surface area contributed by atoms with Gasteiger partial charge >= 0.3 is 5.97 Å². The van der Waals surface area contributed by atoms with Crippen LogP contribution in [0.4, 0.5) is 0 Å². The van der Waals surface area contributed by atoms with Gasteiger partial charge < -0.3 is 5.11 Å². The zero-order chi connectivity index (χ0) is 13.6. The highest BCUT2D eigenvalue weighted by Crippen LogP contribution is 2.46. The molecule has 1 heterocycles. The number of benzene rings is 1. The largest absolute Gasteiger partial charge is 0.478 e. The molecular formula is C14H17N3O2. The molecule has 1 saturated carbocycles. The molecule has 0 bridgehead atoms. The predicted octanol–water partition coefficient (Wildman–Crippen LogP) is 2.88. The maximum absolute atomic E-state index is 11.4. The third kappa shape index (κ3) is 1.80. The fraction of sp³-hybridized carbons (Fsp3) is 0.500. The Hall–Kier alpha value is -1.91. The highest BCUT2D eigenvalue weighted by atomic mass is 16.4. The summed E-state index contributed by atoms with van der Waals surface area (Å²) in [6.07, 6.45) is 3.31. The Morgan fingerprint density at radius 2 is 2.26 bits per heavy atom. The van der Waals surface area contributed by atoms with Crippen LogP contribution < -0.4 is 0 Å². The van der Waals surface area contributed by atoms with Gasteiger partial charge in [0.2, 0.25) is 0 Å². The molecule has 0 amide bonds. The van der Waals surface area contributed by atoms with E-state index in [1.807, 2.05) is 10.7 Å². The van der Waals surface area contributed by atoms with E-state index in [2.05, 4.69) is 24.2 Å². The lowest BCUT2D eigenvalue weighted by Gasteiger charge is -2.27. The van der Waals surface area contributed by atoms with Gasteiger partial charge in [0, 0.05) is 0 Å². The summed E-state index contributed by atoms with van der Waals surface area (Å²) >= 11 is 0. The zero-order valence-electron chi connectivity index (χ0n) is 11.1. The number of rotatable bonds is 2. The van der Waals surface area contributed by atoms with Crippen LogP contribution in [0, 0.1) is 5.41 Å². The third-order valence-corrected chi connectivity index (χ3v) is 4.22. The molecule has 0 saturated heterocycles. The molecule has 19 heavy (non-hydrogen) atoms. The number of carboxylic acid groups (broad SMARTS) is 1. The van der Waals surface area contributed by atoms with Gasteiger partial charge in [-0.05, 0) is 30.4 Å². The molecule has 1 fully saturated rings. The van der Waals surface area contributed by atoms with Crippen molar-refractivity contribution in [2.45, 2.75) is 39.2 Å². The Morgan fingerprint density at radius 3 is 2.89 bits per heavy atom. The van der Waals surface area contributed by atoms with Crippen LogP contribution in [0.2, 0.25) is 0 Å². The number of carboxylic acids is 1. The number of para-hydroxylation sites is 1. The van der Waals surface area contributed by atoms with Gasteiger partial charge in [-0.25, -0.2) is 9.48 Å². The van der Waals surface area contributed by atoms with Crippen LogP contribution in [-0.4, -0.2) is 26.1 Å². The molecular weight excluding hydrogens is 242 g/mol. The lowest BCUT2D eigenvalue weighted by Crippen LogP contribution is -2.23. The average Bonchev–Trinajstić information content (AvgIpc) is 2.91. The topological polar surface area (TPSA) is 68.0 Å². The first-order valence-corrected chi connectivity index (χ1v) is 6.58. The van der Waals surface area contributed by atoms with Crippen LogP contribution in [0.25, 0.3) is 11.0 Å². The van der Waals surface area contributed by atoms with Gasteiger partial charge in [-0.3, -0.25) is 0 Å². The molecule has 1 atom stereocenters. The third-order valence-electron chi connectivity index (χ3n) is 4.22. The molecule has 2 aromatic rings. The Morgan fingerprint density at radius 1 is 1.47 bits per heavy atom.